The Morgan fingerprint density at radius 1 is 1.67 bits per heavy atom. The van der Waals surface area contributed by atoms with E-state index in [0.717, 1.165) is 18.8 Å². The molecule has 0 aliphatic carbocycles. The third kappa shape index (κ3) is 1.69. The highest BCUT2D eigenvalue weighted by atomic mass is 15.3. The van der Waals surface area contributed by atoms with Crippen LogP contribution < -0.4 is 5.32 Å². The third-order valence-corrected chi connectivity index (χ3v) is 3.92. The molecular formula is C12H21N3. The van der Waals surface area contributed by atoms with Crippen LogP contribution in [0.25, 0.3) is 0 Å². The van der Waals surface area contributed by atoms with E-state index in [1.165, 1.54) is 12.1 Å². The molecule has 1 aliphatic heterocycles. The van der Waals surface area contributed by atoms with Crippen LogP contribution in [0.5, 0.6) is 0 Å². The fourth-order valence-corrected chi connectivity index (χ4v) is 2.66. The largest absolute Gasteiger partial charge is 0.315 e. The van der Waals surface area contributed by atoms with Gasteiger partial charge in [-0.05, 0) is 24.8 Å². The lowest BCUT2D eigenvalue weighted by molar-refractivity contribution is 0.299. The van der Waals surface area contributed by atoms with Crippen LogP contribution in [0.15, 0.2) is 6.07 Å². The molecule has 3 heteroatoms. The molecule has 1 saturated heterocycles. The second kappa shape index (κ2) is 3.63. The molecule has 1 N–H and O–H groups in total. The van der Waals surface area contributed by atoms with Crippen LogP contribution in [-0.4, -0.2) is 22.9 Å². The Morgan fingerprint density at radius 2 is 2.40 bits per heavy atom. The fraction of sp³-hybridized carbons (Fsp3) is 0.750. The molecule has 0 unspecified atom stereocenters. The third-order valence-electron chi connectivity index (χ3n) is 3.92. The van der Waals surface area contributed by atoms with Crippen LogP contribution in [-0.2, 0) is 7.05 Å². The number of nitrogens with one attached hydrogen (secondary N) is 1. The van der Waals surface area contributed by atoms with Crippen molar-refractivity contribution in [2.24, 2.45) is 12.5 Å². The van der Waals surface area contributed by atoms with Gasteiger partial charge in [-0.1, -0.05) is 13.8 Å². The maximum absolute atomic E-state index is 4.44. The lowest BCUT2D eigenvalue weighted by atomic mass is 9.76. The number of nitrogens with zero attached hydrogens (tertiary/aromatic N) is 2. The second-order valence-electron chi connectivity index (χ2n) is 5.03. The van der Waals surface area contributed by atoms with E-state index in [1.54, 1.807) is 0 Å². The molecule has 0 radical (unpaired) electrons. The minimum atomic E-state index is 0.389. The van der Waals surface area contributed by atoms with Gasteiger partial charge in [0.1, 0.15) is 0 Å². The lowest BCUT2D eigenvalue weighted by Crippen LogP contribution is -2.25. The molecule has 0 bridgehead atoms. The van der Waals surface area contributed by atoms with Gasteiger partial charge in [0.25, 0.3) is 0 Å². The van der Waals surface area contributed by atoms with Gasteiger partial charge in [-0.2, -0.15) is 5.10 Å². The minimum absolute atomic E-state index is 0.389. The first-order valence-electron chi connectivity index (χ1n) is 5.78. The van der Waals surface area contributed by atoms with Crippen molar-refractivity contribution in [3.63, 3.8) is 0 Å². The van der Waals surface area contributed by atoms with Gasteiger partial charge in [0.2, 0.25) is 0 Å². The van der Waals surface area contributed by atoms with E-state index >= 15 is 0 Å². The average Bonchev–Trinajstić information content (AvgIpc) is 2.70. The Bertz CT molecular complexity index is 356. The van der Waals surface area contributed by atoms with E-state index in [0.29, 0.717) is 11.3 Å². The summed E-state index contributed by atoms with van der Waals surface area (Å²) >= 11 is 0. The predicted octanol–water partition coefficient (Wildman–Crippen LogP) is 1.83. The van der Waals surface area contributed by atoms with Gasteiger partial charge in [0.05, 0.1) is 5.69 Å². The zero-order valence-corrected chi connectivity index (χ0v) is 10.2. The molecule has 2 atom stereocenters. The predicted molar refractivity (Wildman–Crippen MR) is 62.0 cm³/mol. The summed E-state index contributed by atoms with van der Waals surface area (Å²) in [6, 6.07) is 2.23. The molecule has 15 heavy (non-hydrogen) atoms. The standard InChI is InChI=1S/C12H21N3/c1-5-12(3)8-13-7-10(12)11-6-9(2)14-15(11)4/h6,10,13H,5,7-8H2,1-4H3/t10-,12+/m1/s1. The van der Waals surface area contributed by atoms with Gasteiger partial charge in [-0.3, -0.25) is 4.68 Å². The molecule has 1 aliphatic rings. The molecule has 0 saturated carbocycles. The normalized spacial score (nSPS) is 31.1. The average molecular weight is 207 g/mol. The fourth-order valence-electron chi connectivity index (χ4n) is 2.66. The highest BCUT2D eigenvalue weighted by Gasteiger charge is 2.39. The molecule has 2 rings (SSSR count). The van der Waals surface area contributed by atoms with Gasteiger partial charge >= 0.3 is 0 Å². The monoisotopic (exact) mass is 207 g/mol. The molecule has 1 aromatic heterocycles. The molecule has 2 heterocycles. The summed E-state index contributed by atoms with van der Waals surface area (Å²) < 4.78 is 2.04. The van der Waals surface area contributed by atoms with E-state index < -0.39 is 0 Å². The maximum atomic E-state index is 4.44. The van der Waals surface area contributed by atoms with Crippen LogP contribution in [0.3, 0.4) is 0 Å². The zero-order chi connectivity index (χ0) is 11.1. The van der Waals surface area contributed by atoms with Crippen LogP contribution >= 0.6 is 0 Å². The quantitative estimate of drug-likeness (QED) is 0.802. The highest BCUT2D eigenvalue weighted by molar-refractivity contribution is 5.19. The summed E-state index contributed by atoms with van der Waals surface area (Å²) in [7, 11) is 2.05. The minimum Gasteiger partial charge on any atom is -0.315 e. The number of hydrogen-bond acceptors (Lipinski definition) is 2. The van der Waals surface area contributed by atoms with E-state index in [4.69, 9.17) is 0 Å². The van der Waals surface area contributed by atoms with Gasteiger partial charge in [-0.15, -0.1) is 0 Å². The summed E-state index contributed by atoms with van der Waals surface area (Å²) in [5, 5.41) is 7.95. The number of aryl methyl sites for hydroxylation is 2. The van der Waals surface area contributed by atoms with E-state index in [1.807, 2.05) is 4.68 Å². The van der Waals surface area contributed by atoms with Gasteiger partial charge < -0.3 is 5.32 Å². The van der Waals surface area contributed by atoms with Crippen molar-refractivity contribution in [2.45, 2.75) is 33.1 Å². The molecule has 1 fully saturated rings. The lowest BCUT2D eigenvalue weighted by Gasteiger charge is -2.29. The summed E-state index contributed by atoms with van der Waals surface area (Å²) in [6.45, 7) is 8.93. The van der Waals surface area contributed by atoms with Crippen molar-refractivity contribution in [3.05, 3.63) is 17.5 Å². The van der Waals surface area contributed by atoms with Crippen molar-refractivity contribution >= 4 is 0 Å². The smallest absolute Gasteiger partial charge is 0.0596 e. The van der Waals surface area contributed by atoms with Crippen molar-refractivity contribution in [2.75, 3.05) is 13.1 Å². The van der Waals surface area contributed by atoms with Crippen molar-refractivity contribution in [1.82, 2.24) is 15.1 Å². The van der Waals surface area contributed by atoms with Crippen LogP contribution in [0.1, 0.15) is 37.6 Å². The Morgan fingerprint density at radius 3 is 2.93 bits per heavy atom. The molecule has 1 aromatic rings. The first kappa shape index (κ1) is 10.7. The SMILES string of the molecule is CC[C@@]1(C)CNC[C@@H]1c1cc(C)nn1C. The Kier molecular flexibility index (Phi) is 2.59. The topological polar surface area (TPSA) is 29.9 Å². The van der Waals surface area contributed by atoms with Crippen molar-refractivity contribution in [1.29, 1.82) is 0 Å². The first-order chi connectivity index (χ1) is 7.07. The first-order valence-corrected chi connectivity index (χ1v) is 5.78. The van der Waals surface area contributed by atoms with Crippen LogP contribution in [0, 0.1) is 12.3 Å². The van der Waals surface area contributed by atoms with E-state index in [2.05, 4.69) is 44.3 Å². The second-order valence-corrected chi connectivity index (χ2v) is 5.03. The molecule has 0 amide bonds. The van der Waals surface area contributed by atoms with Crippen LogP contribution in [0.4, 0.5) is 0 Å². The van der Waals surface area contributed by atoms with Gasteiger partial charge in [-0.25, -0.2) is 0 Å². The maximum Gasteiger partial charge on any atom is 0.0596 e. The number of aromatic nitrogens is 2. The Labute approximate surface area is 91.9 Å². The molecule has 3 nitrogen and oxygen atoms in total. The highest BCUT2D eigenvalue weighted by Crippen LogP contribution is 2.41. The molecule has 0 spiro atoms. The molecule has 0 aromatic carbocycles. The number of hydrogen-bond donors (Lipinski definition) is 1. The van der Waals surface area contributed by atoms with Crippen LogP contribution in [0.2, 0.25) is 0 Å². The summed E-state index contributed by atoms with van der Waals surface area (Å²) in [4.78, 5) is 0. The molecule has 84 valence electrons. The van der Waals surface area contributed by atoms with Crippen molar-refractivity contribution < 1.29 is 0 Å². The summed E-state index contributed by atoms with van der Waals surface area (Å²) in [5.74, 6) is 0.605. The molecular weight excluding hydrogens is 186 g/mol. The number of rotatable bonds is 2. The Balaban J connectivity index is 2.34. The van der Waals surface area contributed by atoms with Crippen molar-refractivity contribution in [3.8, 4) is 0 Å². The van der Waals surface area contributed by atoms with E-state index in [-0.39, 0.29) is 0 Å². The van der Waals surface area contributed by atoms with E-state index in [9.17, 15) is 0 Å². The summed E-state index contributed by atoms with van der Waals surface area (Å²) in [6.07, 6.45) is 1.22. The zero-order valence-electron chi connectivity index (χ0n) is 10.2. The summed E-state index contributed by atoms with van der Waals surface area (Å²) in [5.41, 5.74) is 2.89. The van der Waals surface area contributed by atoms with Gasteiger partial charge in [0.15, 0.2) is 0 Å². The van der Waals surface area contributed by atoms with Gasteiger partial charge in [0, 0.05) is 31.7 Å². The Hall–Kier alpha value is -0.830.